The van der Waals surface area contributed by atoms with Crippen molar-refractivity contribution in [2.45, 2.75) is 33.1 Å². The summed E-state index contributed by atoms with van der Waals surface area (Å²) >= 11 is 0. The van der Waals surface area contributed by atoms with Crippen LogP contribution >= 0.6 is 12.4 Å². The van der Waals surface area contributed by atoms with Crippen molar-refractivity contribution in [3.05, 3.63) is 35.4 Å². The minimum absolute atomic E-state index is 0. The lowest BCUT2D eigenvalue weighted by Gasteiger charge is -2.27. The van der Waals surface area contributed by atoms with E-state index >= 15 is 0 Å². The van der Waals surface area contributed by atoms with Crippen molar-refractivity contribution in [1.29, 1.82) is 0 Å². The summed E-state index contributed by atoms with van der Waals surface area (Å²) in [4.78, 5) is 36.2. The first-order valence-corrected chi connectivity index (χ1v) is 8.28. The van der Waals surface area contributed by atoms with E-state index in [2.05, 4.69) is 5.10 Å². The number of carboxylic acid groups (broad SMARTS) is 1. The Bertz CT molecular complexity index is 642. The van der Waals surface area contributed by atoms with Gasteiger partial charge in [-0.2, -0.15) is 5.10 Å². The van der Waals surface area contributed by atoms with Crippen LogP contribution in [0.1, 0.15) is 37.8 Å². The second kappa shape index (κ2) is 11.9. The number of halogens is 1. The standard InChI is InChI=1S/C18H24N2O6.ClH/c1-3-25-16(23)18(11-15(21)22,17(24)26-4-2)10-9-13-5-7-14(8-6-13)12-20-19;/h5-8,12H,3-4,9-11,19H2,1-2H3,(H,21,22);1H. The summed E-state index contributed by atoms with van der Waals surface area (Å²) in [6.07, 6.45) is 1.05. The summed E-state index contributed by atoms with van der Waals surface area (Å²) in [5, 5.41) is 12.7. The fourth-order valence-electron chi connectivity index (χ4n) is 2.53. The first kappa shape index (κ1) is 24.4. The zero-order valence-corrected chi connectivity index (χ0v) is 16.2. The fourth-order valence-corrected chi connectivity index (χ4v) is 2.53. The normalized spacial score (nSPS) is 10.9. The molecule has 0 aliphatic carbocycles. The molecular formula is C18H25ClN2O6. The highest BCUT2D eigenvalue weighted by Gasteiger charge is 2.50. The number of hydrogen-bond acceptors (Lipinski definition) is 7. The number of aryl methyl sites for hydroxylation is 1. The smallest absolute Gasteiger partial charge is 0.324 e. The van der Waals surface area contributed by atoms with E-state index in [9.17, 15) is 19.5 Å². The molecule has 0 aromatic heterocycles. The van der Waals surface area contributed by atoms with E-state index in [1.54, 1.807) is 38.1 Å². The largest absolute Gasteiger partial charge is 0.481 e. The highest BCUT2D eigenvalue weighted by Crippen LogP contribution is 2.32. The Hall–Kier alpha value is -2.61. The van der Waals surface area contributed by atoms with Crippen LogP contribution in [0.3, 0.4) is 0 Å². The quantitative estimate of drug-likeness (QED) is 0.202. The molecule has 3 N–H and O–H groups in total. The Morgan fingerprint density at radius 2 is 1.63 bits per heavy atom. The second-order valence-electron chi connectivity index (χ2n) is 5.61. The summed E-state index contributed by atoms with van der Waals surface area (Å²) < 4.78 is 9.96. The van der Waals surface area contributed by atoms with Crippen LogP contribution in [0.2, 0.25) is 0 Å². The SMILES string of the molecule is CCOC(=O)C(CCc1ccc(C=NN)cc1)(CC(=O)O)C(=O)OCC.Cl. The van der Waals surface area contributed by atoms with Crippen LogP contribution in [-0.2, 0) is 30.3 Å². The van der Waals surface area contributed by atoms with Gasteiger partial charge in [-0.15, -0.1) is 12.4 Å². The molecule has 27 heavy (non-hydrogen) atoms. The van der Waals surface area contributed by atoms with Gasteiger partial charge in [-0.05, 0) is 37.8 Å². The average molecular weight is 401 g/mol. The van der Waals surface area contributed by atoms with Crippen molar-refractivity contribution >= 4 is 36.5 Å². The first-order valence-electron chi connectivity index (χ1n) is 8.28. The molecule has 1 aromatic carbocycles. The minimum atomic E-state index is -1.88. The lowest BCUT2D eigenvalue weighted by atomic mass is 9.78. The molecular weight excluding hydrogens is 376 g/mol. The zero-order chi connectivity index (χ0) is 19.6. The van der Waals surface area contributed by atoms with Crippen LogP contribution < -0.4 is 5.84 Å². The van der Waals surface area contributed by atoms with Crippen LogP contribution in [-0.4, -0.2) is 42.4 Å². The predicted molar refractivity (Wildman–Crippen MR) is 102 cm³/mol. The van der Waals surface area contributed by atoms with E-state index in [0.29, 0.717) is 6.42 Å². The fraction of sp³-hybridized carbons (Fsp3) is 0.444. The molecule has 0 fully saturated rings. The lowest BCUT2D eigenvalue weighted by Crippen LogP contribution is -2.44. The molecule has 0 aliphatic heterocycles. The van der Waals surface area contributed by atoms with Crippen molar-refractivity contribution in [1.82, 2.24) is 0 Å². The van der Waals surface area contributed by atoms with Gasteiger partial charge in [0.05, 0.1) is 25.8 Å². The summed E-state index contributed by atoms with van der Waals surface area (Å²) in [6, 6.07) is 7.14. The number of nitrogens with two attached hydrogens (primary N) is 1. The number of nitrogens with zero attached hydrogens (tertiary/aromatic N) is 1. The molecule has 9 heteroatoms. The third-order valence-electron chi connectivity index (χ3n) is 3.83. The van der Waals surface area contributed by atoms with Crippen LogP contribution in [0.5, 0.6) is 0 Å². The van der Waals surface area contributed by atoms with Gasteiger partial charge in [0.25, 0.3) is 0 Å². The molecule has 0 spiro atoms. The van der Waals surface area contributed by atoms with E-state index in [1.807, 2.05) is 0 Å². The number of carbonyl (C=O) groups is 3. The molecule has 1 aromatic rings. The van der Waals surface area contributed by atoms with Crippen molar-refractivity contribution in [3.63, 3.8) is 0 Å². The molecule has 0 saturated heterocycles. The number of hydrazone groups is 1. The van der Waals surface area contributed by atoms with Gasteiger partial charge in [0.2, 0.25) is 0 Å². The van der Waals surface area contributed by atoms with Crippen molar-refractivity contribution in [2.75, 3.05) is 13.2 Å². The molecule has 0 unspecified atom stereocenters. The molecule has 0 aliphatic rings. The van der Waals surface area contributed by atoms with Crippen LogP contribution in [0.4, 0.5) is 0 Å². The molecule has 0 atom stereocenters. The third kappa shape index (κ3) is 6.90. The van der Waals surface area contributed by atoms with Crippen LogP contribution in [0, 0.1) is 5.41 Å². The van der Waals surface area contributed by atoms with E-state index in [-0.39, 0.29) is 32.0 Å². The maximum atomic E-state index is 12.5. The van der Waals surface area contributed by atoms with Gasteiger partial charge in [-0.3, -0.25) is 14.4 Å². The van der Waals surface area contributed by atoms with Gasteiger partial charge in [0.15, 0.2) is 5.41 Å². The summed E-state index contributed by atoms with van der Waals surface area (Å²) in [6.45, 7) is 3.25. The van der Waals surface area contributed by atoms with Crippen LogP contribution in [0.25, 0.3) is 0 Å². The van der Waals surface area contributed by atoms with Gasteiger partial charge in [0, 0.05) is 0 Å². The van der Waals surface area contributed by atoms with Crippen molar-refractivity contribution in [2.24, 2.45) is 16.4 Å². The molecule has 0 saturated carbocycles. The van der Waals surface area contributed by atoms with E-state index in [0.717, 1.165) is 11.1 Å². The topological polar surface area (TPSA) is 128 Å². The maximum Gasteiger partial charge on any atom is 0.324 e. The Morgan fingerprint density at radius 1 is 1.11 bits per heavy atom. The average Bonchev–Trinajstić information content (AvgIpc) is 2.60. The molecule has 0 amide bonds. The number of carbonyl (C=O) groups excluding carboxylic acids is 2. The number of esters is 2. The van der Waals surface area contributed by atoms with Gasteiger partial charge in [-0.25, -0.2) is 0 Å². The van der Waals surface area contributed by atoms with Gasteiger partial charge < -0.3 is 20.4 Å². The highest BCUT2D eigenvalue weighted by molar-refractivity contribution is 6.02. The maximum absolute atomic E-state index is 12.5. The Balaban J connectivity index is 0.00000676. The second-order valence-corrected chi connectivity index (χ2v) is 5.61. The third-order valence-corrected chi connectivity index (χ3v) is 3.83. The van der Waals surface area contributed by atoms with E-state index < -0.39 is 29.7 Å². The molecule has 0 heterocycles. The van der Waals surface area contributed by atoms with E-state index in [4.69, 9.17) is 15.3 Å². The van der Waals surface area contributed by atoms with Gasteiger partial charge >= 0.3 is 17.9 Å². The van der Waals surface area contributed by atoms with E-state index in [1.165, 1.54) is 6.21 Å². The summed E-state index contributed by atoms with van der Waals surface area (Å²) in [5.41, 5.74) is -0.263. The van der Waals surface area contributed by atoms with Gasteiger partial charge in [-0.1, -0.05) is 24.3 Å². The van der Waals surface area contributed by atoms with Crippen molar-refractivity contribution in [3.8, 4) is 0 Å². The number of aliphatic carboxylic acids is 1. The predicted octanol–water partition coefficient (Wildman–Crippen LogP) is 1.92. The number of ether oxygens (including phenoxy) is 2. The number of benzene rings is 1. The monoisotopic (exact) mass is 400 g/mol. The summed E-state index contributed by atoms with van der Waals surface area (Å²) in [7, 11) is 0. The molecule has 1 rings (SSSR count). The number of carboxylic acids is 1. The van der Waals surface area contributed by atoms with Gasteiger partial charge in [0.1, 0.15) is 0 Å². The lowest BCUT2D eigenvalue weighted by molar-refractivity contribution is -0.176. The summed E-state index contributed by atoms with van der Waals surface area (Å²) in [5.74, 6) is 2.05. The number of rotatable bonds is 10. The Labute approximate surface area is 164 Å². The first-order chi connectivity index (χ1) is 12.4. The zero-order valence-electron chi connectivity index (χ0n) is 15.3. The van der Waals surface area contributed by atoms with Crippen molar-refractivity contribution < 1.29 is 29.0 Å². The molecule has 0 bridgehead atoms. The minimum Gasteiger partial charge on any atom is -0.481 e. The highest BCUT2D eigenvalue weighted by atomic mass is 35.5. The Kier molecular flexibility index (Phi) is 10.7. The molecule has 0 radical (unpaired) electrons. The molecule has 150 valence electrons. The molecule has 8 nitrogen and oxygen atoms in total. The Morgan fingerprint density at radius 3 is 2.04 bits per heavy atom. The van der Waals surface area contributed by atoms with Crippen LogP contribution in [0.15, 0.2) is 29.4 Å². The number of hydrogen-bond donors (Lipinski definition) is 2.